The number of benzene rings is 2. The maximum atomic E-state index is 12.4. The van der Waals surface area contributed by atoms with Gasteiger partial charge in [-0.25, -0.2) is 4.79 Å². The van der Waals surface area contributed by atoms with Gasteiger partial charge >= 0.3 is 5.63 Å². The van der Waals surface area contributed by atoms with Crippen LogP contribution in [0.25, 0.3) is 22.1 Å². The predicted molar refractivity (Wildman–Crippen MR) is 121 cm³/mol. The van der Waals surface area contributed by atoms with Gasteiger partial charge in [0, 0.05) is 41.6 Å². The van der Waals surface area contributed by atoms with Gasteiger partial charge in [-0.3, -0.25) is 14.9 Å². The number of nitro groups is 1. The lowest BCUT2D eigenvalue weighted by Crippen LogP contribution is -2.30. The van der Waals surface area contributed by atoms with Crippen LogP contribution in [0.1, 0.15) is 4.88 Å². The Balaban J connectivity index is 1.53. The van der Waals surface area contributed by atoms with Gasteiger partial charge < -0.3 is 14.1 Å². The van der Waals surface area contributed by atoms with Crippen molar-refractivity contribution in [2.45, 2.75) is 6.54 Å². The fraction of sp³-hybridized carbons (Fsp3) is 0.130. The fourth-order valence-corrected chi connectivity index (χ4v) is 3.97. The smallest absolute Gasteiger partial charge is 0.336 e. The van der Waals surface area contributed by atoms with Crippen LogP contribution in [-0.4, -0.2) is 29.4 Å². The maximum absolute atomic E-state index is 12.4. The molecule has 0 aliphatic heterocycles. The van der Waals surface area contributed by atoms with Crippen LogP contribution >= 0.6 is 11.3 Å². The molecule has 2 heterocycles. The van der Waals surface area contributed by atoms with E-state index in [0.29, 0.717) is 34.4 Å². The molecule has 2 aromatic carbocycles. The molecule has 1 amide bonds. The van der Waals surface area contributed by atoms with E-state index in [1.54, 1.807) is 53.6 Å². The molecule has 0 unspecified atom stereocenters. The van der Waals surface area contributed by atoms with E-state index in [-0.39, 0.29) is 18.2 Å². The molecule has 162 valence electrons. The third-order valence-corrected chi connectivity index (χ3v) is 5.73. The van der Waals surface area contributed by atoms with Crippen molar-refractivity contribution in [3.8, 4) is 16.9 Å². The summed E-state index contributed by atoms with van der Waals surface area (Å²) in [7, 11) is 1.71. The zero-order valence-electron chi connectivity index (χ0n) is 17.0. The molecule has 0 aliphatic rings. The summed E-state index contributed by atoms with van der Waals surface area (Å²) in [5, 5.41) is 13.5. The number of nitrogens with zero attached hydrogens (tertiary/aromatic N) is 2. The number of ether oxygens (including phenoxy) is 1. The summed E-state index contributed by atoms with van der Waals surface area (Å²) in [4.78, 5) is 37.5. The molecule has 0 saturated carbocycles. The number of non-ortho nitro benzene ring substituents is 1. The highest BCUT2D eigenvalue weighted by atomic mass is 32.1. The molecule has 4 rings (SSSR count). The average Bonchev–Trinajstić information content (AvgIpc) is 3.29. The average molecular weight is 450 g/mol. The SMILES string of the molecule is CN(Cc1cccs1)C(=O)COc1ccc2c(-c3ccc([N+](=O)[O-])cc3)cc(=O)oc2c1. The molecule has 8 nitrogen and oxygen atoms in total. The van der Waals surface area contributed by atoms with E-state index >= 15 is 0 Å². The van der Waals surface area contributed by atoms with Crippen LogP contribution < -0.4 is 10.4 Å². The first kappa shape index (κ1) is 21.3. The Morgan fingerprint density at radius 3 is 2.62 bits per heavy atom. The second-order valence-electron chi connectivity index (χ2n) is 7.06. The topological polar surface area (TPSA) is 103 Å². The Bertz CT molecular complexity index is 1330. The number of thiophene rings is 1. The summed E-state index contributed by atoms with van der Waals surface area (Å²) in [6, 6.07) is 16.1. The monoisotopic (exact) mass is 450 g/mol. The van der Waals surface area contributed by atoms with Gasteiger partial charge in [-0.1, -0.05) is 6.07 Å². The molecule has 0 bridgehead atoms. The molecule has 0 N–H and O–H groups in total. The van der Waals surface area contributed by atoms with Crippen LogP contribution in [0.3, 0.4) is 0 Å². The highest BCUT2D eigenvalue weighted by Crippen LogP contribution is 2.30. The second-order valence-corrected chi connectivity index (χ2v) is 8.09. The zero-order valence-corrected chi connectivity index (χ0v) is 17.8. The molecule has 9 heteroatoms. The van der Waals surface area contributed by atoms with E-state index in [9.17, 15) is 19.7 Å². The van der Waals surface area contributed by atoms with E-state index in [2.05, 4.69) is 0 Å². The molecule has 0 saturated heterocycles. The number of amides is 1. The van der Waals surface area contributed by atoms with Crippen molar-refractivity contribution in [2.75, 3.05) is 13.7 Å². The van der Waals surface area contributed by atoms with E-state index in [1.807, 2.05) is 17.5 Å². The molecule has 0 fully saturated rings. The number of nitro benzene ring substituents is 1. The van der Waals surface area contributed by atoms with Crippen LogP contribution in [0.2, 0.25) is 0 Å². The third-order valence-electron chi connectivity index (χ3n) is 4.87. The van der Waals surface area contributed by atoms with Gasteiger partial charge in [0.05, 0.1) is 11.5 Å². The van der Waals surface area contributed by atoms with Crippen molar-refractivity contribution in [2.24, 2.45) is 0 Å². The Labute approximate surface area is 186 Å². The van der Waals surface area contributed by atoms with Crippen molar-refractivity contribution in [1.29, 1.82) is 0 Å². The maximum Gasteiger partial charge on any atom is 0.336 e. The summed E-state index contributed by atoms with van der Waals surface area (Å²) in [6.07, 6.45) is 0. The number of carbonyl (C=O) groups excluding carboxylic acids is 1. The van der Waals surface area contributed by atoms with Crippen LogP contribution in [0.5, 0.6) is 5.75 Å². The summed E-state index contributed by atoms with van der Waals surface area (Å²) in [6.45, 7) is 0.352. The van der Waals surface area contributed by atoms with Crippen molar-refractivity contribution in [3.05, 3.63) is 91.5 Å². The molecular formula is C23H18N2O6S. The Kier molecular flexibility index (Phi) is 6.00. The summed E-state index contributed by atoms with van der Waals surface area (Å²) < 4.78 is 10.9. The van der Waals surface area contributed by atoms with Gasteiger partial charge in [0.25, 0.3) is 11.6 Å². The third kappa shape index (κ3) is 4.68. The van der Waals surface area contributed by atoms with E-state index in [1.165, 1.54) is 18.2 Å². The van der Waals surface area contributed by atoms with Crippen molar-refractivity contribution in [3.63, 3.8) is 0 Å². The molecule has 0 spiro atoms. The summed E-state index contributed by atoms with van der Waals surface area (Å²) in [5.74, 6) is 0.207. The number of likely N-dealkylation sites (N-methyl/N-ethyl adjacent to an activating group) is 1. The zero-order chi connectivity index (χ0) is 22.7. The molecule has 2 aromatic heterocycles. The molecular weight excluding hydrogens is 432 g/mol. The van der Waals surface area contributed by atoms with E-state index in [4.69, 9.17) is 9.15 Å². The highest BCUT2D eigenvalue weighted by Gasteiger charge is 2.14. The van der Waals surface area contributed by atoms with Crippen molar-refractivity contribution >= 4 is 33.9 Å². The summed E-state index contributed by atoms with van der Waals surface area (Å²) >= 11 is 1.58. The Morgan fingerprint density at radius 2 is 1.94 bits per heavy atom. The van der Waals surface area contributed by atoms with Gasteiger partial charge in [0.1, 0.15) is 11.3 Å². The predicted octanol–water partition coefficient (Wildman–Crippen LogP) is 4.47. The number of fused-ring (bicyclic) bond motifs is 1. The van der Waals surface area contributed by atoms with Crippen LogP contribution in [0, 0.1) is 10.1 Å². The largest absolute Gasteiger partial charge is 0.484 e. The fourth-order valence-electron chi connectivity index (χ4n) is 3.21. The number of hydrogen-bond acceptors (Lipinski definition) is 7. The van der Waals surface area contributed by atoms with Crippen molar-refractivity contribution in [1.82, 2.24) is 4.90 Å². The van der Waals surface area contributed by atoms with Crippen molar-refractivity contribution < 1.29 is 18.9 Å². The molecule has 32 heavy (non-hydrogen) atoms. The first-order valence-electron chi connectivity index (χ1n) is 9.62. The lowest BCUT2D eigenvalue weighted by Gasteiger charge is -2.16. The molecule has 0 aliphatic carbocycles. The van der Waals surface area contributed by atoms with Crippen LogP contribution in [0.15, 0.2) is 75.3 Å². The van der Waals surface area contributed by atoms with Crippen LogP contribution in [0.4, 0.5) is 5.69 Å². The second kappa shape index (κ2) is 9.03. The minimum absolute atomic E-state index is 0.0366. The number of rotatable bonds is 7. The minimum Gasteiger partial charge on any atom is -0.484 e. The normalized spacial score (nSPS) is 10.8. The van der Waals surface area contributed by atoms with E-state index in [0.717, 1.165) is 4.88 Å². The lowest BCUT2D eigenvalue weighted by molar-refractivity contribution is -0.384. The minimum atomic E-state index is -0.560. The molecule has 0 radical (unpaired) electrons. The van der Waals surface area contributed by atoms with Gasteiger partial charge in [0.15, 0.2) is 6.61 Å². The molecule has 0 atom stereocenters. The first-order chi connectivity index (χ1) is 15.4. The Hall–Kier alpha value is -3.98. The van der Waals surface area contributed by atoms with Gasteiger partial charge in [0.2, 0.25) is 0 Å². The number of hydrogen-bond donors (Lipinski definition) is 0. The highest BCUT2D eigenvalue weighted by molar-refractivity contribution is 7.09. The molecule has 4 aromatic rings. The first-order valence-corrected chi connectivity index (χ1v) is 10.5. The van der Waals surface area contributed by atoms with E-state index < -0.39 is 10.5 Å². The van der Waals surface area contributed by atoms with Gasteiger partial charge in [-0.05, 0) is 46.8 Å². The van der Waals surface area contributed by atoms with Crippen LogP contribution in [-0.2, 0) is 11.3 Å². The van der Waals surface area contributed by atoms with Gasteiger partial charge in [-0.15, -0.1) is 11.3 Å². The standard InChI is InChI=1S/C23H18N2O6S/c1-24(13-18-3-2-10-32-18)22(26)14-30-17-8-9-19-20(12-23(27)31-21(19)11-17)15-4-6-16(7-5-15)25(28)29/h2-12H,13-14H2,1H3. The Morgan fingerprint density at radius 1 is 1.16 bits per heavy atom. The summed E-state index contributed by atoms with van der Waals surface area (Å²) in [5.41, 5.74) is 0.930. The quantitative estimate of drug-likeness (QED) is 0.234. The lowest BCUT2D eigenvalue weighted by atomic mass is 10.0. The van der Waals surface area contributed by atoms with Gasteiger partial charge in [-0.2, -0.15) is 0 Å². The number of carbonyl (C=O) groups is 1.